The number of hydrogen-bond acceptors (Lipinski definition) is 3. The zero-order chi connectivity index (χ0) is 15.5. The highest BCUT2D eigenvalue weighted by molar-refractivity contribution is 6.12. The summed E-state index contributed by atoms with van der Waals surface area (Å²) in [6.07, 6.45) is 4.16. The van der Waals surface area contributed by atoms with Gasteiger partial charge in [-0.3, -0.25) is 4.79 Å². The van der Waals surface area contributed by atoms with Gasteiger partial charge in [0, 0.05) is 5.69 Å². The minimum Gasteiger partial charge on any atom is -0.409 e. The quantitative estimate of drug-likeness (QED) is 0.346. The van der Waals surface area contributed by atoms with Crippen molar-refractivity contribution in [3.05, 3.63) is 29.3 Å². The van der Waals surface area contributed by atoms with E-state index < -0.39 is 5.41 Å². The van der Waals surface area contributed by atoms with Crippen molar-refractivity contribution in [1.29, 1.82) is 0 Å². The second kappa shape index (κ2) is 6.16. The van der Waals surface area contributed by atoms with Gasteiger partial charge in [-0.1, -0.05) is 30.5 Å². The summed E-state index contributed by atoms with van der Waals surface area (Å²) in [6, 6.07) is 5.90. The van der Waals surface area contributed by atoms with Crippen molar-refractivity contribution in [2.75, 3.05) is 5.32 Å². The molecule has 1 saturated carbocycles. The molecule has 1 aliphatic carbocycles. The van der Waals surface area contributed by atoms with E-state index in [2.05, 4.69) is 16.5 Å². The number of nitrogens with one attached hydrogen (secondary N) is 1. The number of benzene rings is 1. The van der Waals surface area contributed by atoms with Crippen molar-refractivity contribution in [1.82, 2.24) is 0 Å². The van der Waals surface area contributed by atoms with E-state index in [1.807, 2.05) is 26.0 Å². The van der Waals surface area contributed by atoms with Gasteiger partial charge in [-0.05, 0) is 49.9 Å². The van der Waals surface area contributed by atoms with E-state index in [-0.39, 0.29) is 11.7 Å². The molecule has 2 rings (SSSR count). The number of rotatable bonds is 3. The Labute approximate surface area is 125 Å². The van der Waals surface area contributed by atoms with Crippen LogP contribution in [0.2, 0.25) is 0 Å². The first kappa shape index (κ1) is 15.4. The molecule has 0 aliphatic heterocycles. The number of amides is 1. The van der Waals surface area contributed by atoms with E-state index >= 15 is 0 Å². The summed E-state index contributed by atoms with van der Waals surface area (Å²) in [5.41, 5.74) is 7.89. The largest absolute Gasteiger partial charge is 0.409 e. The van der Waals surface area contributed by atoms with Gasteiger partial charge in [0.05, 0.1) is 0 Å². The molecule has 0 bridgehead atoms. The molecule has 114 valence electrons. The Morgan fingerprint density at radius 3 is 2.29 bits per heavy atom. The molecule has 0 saturated heterocycles. The van der Waals surface area contributed by atoms with Crippen molar-refractivity contribution in [2.24, 2.45) is 16.3 Å². The van der Waals surface area contributed by atoms with Gasteiger partial charge in [0.1, 0.15) is 5.41 Å². The summed E-state index contributed by atoms with van der Waals surface area (Å²) >= 11 is 0. The van der Waals surface area contributed by atoms with E-state index in [1.54, 1.807) is 0 Å². The highest BCUT2D eigenvalue weighted by Gasteiger charge is 2.43. The topological polar surface area (TPSA) is 87.7 Å². The van der Waals surface area contributed by atoms with Crippen LogP contribution in [0.1, 0.15) is 43.2 Å². The number of oxime groups is 1. The zero-order valence-corrected chi connectivity index (χ0v) is 12.6. The molecule has 1 fully saturated rings. The normalized spacial score (nSPS) is 18.3. The molecule has 0 heterocycles. The monoisotopic (exact) mass is 289 g/mol. The van der Waals surface area contributed by atoms with Crippen LogP contribution in [0.15, 0.2) is 23.4 Å². The fraction of sp³-hybridized carbons (Fsp3) is 0.500. The Bertz CT molecular complexity index is 540. The smallest absolute Gasteiger partial charge is 0.238 e. The molecule has 5 heteroatoms. The summed E-state index contributed by atoms with van der Waals surface area (Å²) in [6.45, 7) is 3.98. The maximum Gasteiger partial charge on any atom is 0.238 e. The minimum absolute atomic E-state index is 0.0177. The zero-order valence-electron chi connectivity index (χ0n) is 12.6. The average molecular weight is 289 g/mol. The maximum atomic E-state index is 12.7. The summed E-state index contributed by atoms with van der Waals surface area (Å²) in [4.78, 5) is 12.7. The molecular formula is C16H23N3O2. The second-order valence-corrected chi connectivity index (χ2v) is 5.96. The average Bonchev–Trinajstić information content (AvgIpc) is 2.46. The fourth-order valence-corrected chi connectivity index (χ4v) is 3.15. The lowest BCUT2D eigenvalue weighted by Crippen LogP contribution is -2.48. The SMILES string of the molecule is Cc1cc(C)cc(NC(=O)C2(C(N)=NO)CCCCC2)c1. The first-order chi connectivity index (χ1) is 9.98. The summed E-state index contributed by atoms with van der Waals surface area (Å²) < 4.78 is 0. The van der Waals surface area contributed by atoms with Gasteiger partial charge in [0.15, 0.2) is 5.84 Å². The molecule has 0 aromatic heterocycles. The fourth-order valence-electron chi connectivity index (χ4n) is 3.15. The van der Waals surface area contributed by atoms with Gasteiger partial charge in [0.2, 0.25) is 5.91 Å². The third-order valence-corrected chi connectivity index (χ3v) is 4.22. The van der Waals surface area contributed by atoms with Gasteiger partial charge < -0.3 is 16.3 Å². The van der Waals surface area contributed by atoms with Crippen molar-refractivity contribution in [3.8, 4) is 0 Å². The van der Waals surface area contributed by atoms with Crippen LogP contribution in [-0.4, -0.2) is 17.0 Å². The third kappa shape index (κ3) is 3.17. The Morgan fingerprint density at radius 2 is 1.76 bits per heavy atom. The molecule has 4 N–H and O–H groups in total. The lowest BCUT2D eigenvalue weighted by atomic mass is 9.72. The summed E-state index contributed by atoms with van der Waals surface area (Å²) in [5, 5.41) is 15.1. The van der Waals surface area contributed by atoms with Crippen molar-refractivity contribution in [3.63, 3.8) is 0 Å². The van der Waals surface area contributed by atoms with E-state index in [1.165, 1.54) is 0 Å². The van der Waals surface area contributed by atoms with Crippen LogP contribution in [0.25, 0.3) is 0 Å². The predicted octanol–water partition coefficient (Wildman–Crippen LogP) is 2.94. The number of nitrogens with zero attached hydrogens (tertiary/aromatic N) is 1. The highest BCUT2D eigenvalue weighted by atomic mass is 16.4. The van der Waals surface area contributed by atoms with E-state index in [4.69, 9.17) is 10.9 Å². The van der Waals surface area contributed by atoms with Crippen LogP contribution >= 0.6 is 0 Å². The highest BCUT2D eigenvalue weighted by Crippen LogP contribution is 2.37. The Kier molecular flexibility index (Phi) is 4.50. The van der Waals surface area contributed by atoms with Crippen molar-refractivity contribution in [2.45, 2.75) is 46.0 Å². The number of carbonyl (C=O) groups excluding carboxylic acids is 1. The third-order valence-electron chi connectivity index (χ3n) is 4.22. The Morgan fingerprint density at radius 1 is 1.19 bits per heavy atom. The number of anilines is 1. The number of amidine groups is 1. The predicted molar refractivity (Wildman–Crippen MR) is 83.5 cm³/mol. The van der Waals surface area contributed by atoms with E-state index in [0.717, 1.165) is 36.1 Å². The first-order valence-electron chi connectivity index (χ1n) is 7.36. The molecular weight excluding hydrogens is 266 g/mol. The number of hydrogen-bond donors (Lipinski definition) is 3. The van der Waals surface area contributed by atoms with Crippen LogP contribution in [0.4, 0.5) is 5.69 Å². The molecule has 1 aromatic carbocycles. The molecule has 0 unspecified atom stereocenters. The van der Waals surface area contributed by atoms with E-state index in [0.29, 0.717) is 12.8 Å². The van der Waals surface area contributed by atoms with Crippen LogP contribution in [0, 0.1) is 19.3 Å². The number of nitrogens with two attached hydrogens (primary N) is 1. The second-order valence-electron chi connectivity index (χ2n) is 5.96. The lowest BCUT2D eigenvalue weighted by Gasteiger charge is -2.34. The minimum atomic E-state index is -0.884. The van der Waals surface area contributed by atoms with Gasteiger partial charge in [-0.25, -0.2) is 0 Å². The summed E-state index contributed by atoms with van der Waals surface area (Å²) in [7, 11) is 0. The molecule has 1 aromatic rings. The Hall–Kier alpha value is -2.04. The van der Waals surface area contributed by atoms with Crippen LogP contribution in [0.3, 0.4) is 0 Å². The van der Waals surface area contributed by atoms with Crippen LogP contribution < -0.4 is 11.1 Å². The van der Waals surface area contributed by atoms with Gasteiger partial charge in [-0.15, -0.1) is 0 Å². The standard InChI is InChI=1S/C16H23N3O2/c1-11-8-12(2)10-13(9-11)18-15(20)16(14(17)19-21)6-4-3-5-7-16/h8-10,21H,3-7H2,1-2H3,(H2,17,19)(H,18,20). The van der Waals surface area contributed by atoms with Gasteiger partial charge in [0.25, 0.3) is 0 Å². The molecule has 5 nitrogen and oxygen atoms in total. The van der Waals surface area contributed by atoms with E-state index in [9.17, 15) is 4.79 Å². The first-order valence-corrected chi connectivity index (χ1v) is 7.36. The number of aryl methyl sites for hydroxylation is 2. The molecule has 0 atom stereocenters. The van der Waals surface area contributed by atoms with Crippen molar-refractivity contribution < 1.29 is 10.0 Å². The summed E-state index contributed by atoms with van der Waals surface area (Å²) in [5.74, 6) is -0.161. The molecule has 0 spiro atoms. The van der Waals surface area contributed by atoms with Crippen LogP contribution in [-0.2, 0) is 4.79 Å². The van der Waals surface area contributed by atoms with Gasteiger partial charge in [-0.2, -0.15) is 0 Å². The lowest BCUT2D eigenvalue weighted by molar-refractivity contribution is -0.123. The number of carbonyl (C=O) groups is 1. The molecule has 1 amide bonds. The van der Waals surface area contributed by atoms with Crippen molar-refractivity contribution >= 4 is 17.4 Å². The molecule has 1 aliphatic rings. The van der Waals surface area contributed by atoms with Crippen LogP contribution in [0.5, 0.6) is 0 Å². The molecule has 0 radical (unpaired) electrons. The Balaban J connectivity index is 2.26. The van der Waals surface area contributed by atoms with Gasteiger partial charge >= 0.3 is 0 Å². The molecule has 21 heavy (non-hydrogen) atoms. The maximum absolute atomic E-state index is 12.7.